The molecule has 6 nitrogen and oxygen atoms in total. The Bertz CT molecular complexity index is 1270. The molecule has 0 unspecified atom stereocenters. The lowest BCUT2D eigenvalue weighted by Crippen LogP contribution is -2.06. The standard InChI is InChI=1S/C27H23ClN2O4/c1-31-21-10-8-18(9-11-21)17-34-23-7-3-6-22(25(23)27-32-14-15-33-27)19-4-2-5-20(16-19)26-29-13-12-24(28)30-26/h2-13,16,27H,14-15,17H2,1H3. The van der Waals surface area contributed by atoms with Crippen molar-refractivity contribution in [1.29, 1.82) is 0 Å². The first-order valence-corrected chi connectivity index (χ1v) is 11.3. The van der Waals surface area contributed by atoms with Crippen LogP contribution in [-0.2, 0) is 16.1 Å². The van der Waals surface area contributed by atoms with Crippen LogP contribution < -0.4 is 9.47 Å². The van der Waals surface area contributed by atoms with Gasteiger partial charge in [0.15, 0.2) is 12.1 Å². The van der Waals surface area contributed by atoms with Gasteiger partial charge in [-0.05, 0) is 47.0 Å². The van der Waals surface area contributed by atoms with Crippen LogP contribution in [0, 0.1) is 0 Å². The number of methoxy groups -OCH3 is 1. The quantitative estimate of drug-likeness (QED) is 0.302. The van der Waals surface area contributed by atoms with E-state index in [1.54, 1.807) is 19.4 Å². The minimum atomic E-state index is -0.506. The molecule has 172 valence electrons. The summed E-state index contributed by atoms with van der Waals surface area (Å²) in [7, 11) is 1.65. The minimum absolute atomic E-state index is 0.401. The summed E-state index contributed by atoms with van der Waals surface area (Å²) in [6.07, 6.45) is 1.14. The minimum Gasteiger partial charge on any atom is -0.497 e. The van der Waals surface area contributed by atoms with Crippen LogP contribution in [-0.4, -0.2) is 30.3 Å². The highest BCUT2D eigenvalue weighted by Gasteiger charge is 2.26. The van der Waals surface area contributed by atoms with Gasteiger partial charge < -0.3 is 18.9 Å². The Labute approximate surface area is 203 Å². The molecule has 1 fully saturated rings. The first kappa shape index (κ1) is 22.3. The Hall–Kier alpha value is -3.45. The van der Waals surface area contributed by atoms with Crippen LogP contribution in [0.3, 0.4) is 0 Å². The van der Waals surface area contributed by atoms with E-state index in [9.17, 15) is 0 Å². The van der Waals surface area contributed by atoms with Crippen LogP contribution >= 0.6 is 11.6 Å². The zero-order chi connectivity index (χ0) is 23.3. The molecule has 3 aromatic carbocycles. The van der Waals surface area contributed by atoms with Gasteiger partial charge in [-0.15, -0.1) is 0 Å². The largest absolute Gasteiger partial charge is 0.497 e. The average Bonchev–Trinajstić information content (AvgIpc) is 3.42. The Morgan fingerprint density at radius 3 is 2.47 bits per heavy atom. The third kappa shape index (κ3) is 4.89. The highest BCUT2D eigenvalue weighted by molar-refractivity contribution is 6.29. The molecule has 1 aliphatic heterocycles. The Morgan fingerprint density at radius 1 is 0.941 bits per heavy atom. The summed E-state index contributed by atoms with van der Waals surface area (Å²) in [6, 6.07) is 23.4. The molecule has 1 aliphatic rings. The molecule has 0 N–H and O–H groups in total. The second-order valence-corrected chi connectivity index (χ2v) is 8.10. The van der Waals surface area contributed by atoms with Gasteiger partial charge in [-0.2, -0.15) is 0 Å². The van der Waals surface area contributed by atoms with Crippen molar-refractivity contribution in [3.05, 3.63) is 95.3 Å². The Balaban J connectivity index is 1.50. The first-order chi connectivity index (χ1) is 16.7. The van der Waals surface area contributed by atoms with Crippen LogP contribution in [0.25, 0.3) is 22.5 Å². The van der Waals surface area contributed by atoms with Gasteiger partial charge in [0, 0.05) is 11.8 Å². The number of hydrogen-bond donors (Lipinski definition) is 0. The van der Waals surface area contributed by atoms with Crippen molar-refractivity contribution in [2.24, 2.45) is 0 Å². The van der Waals surface area contributed by atoms with Crippen molar-refractivity contribution >= 4 is 11.6 Å². The number of nitrogens with zero attached hydrogens (tertiary/aromatic N) is 2. The number of ether oxygens (including phenoxy) is 4. The van der Waals surface area contributed by atoms with E-state index in [1.807, 2.05) is 66.7 Å². The van der Waals surface area contributed by atoms with E-state index < -0.39 is 6.29 Å². The van der Waals surface area contributed by atoms with Gasteiger partial charge in [-0.3, -0.25) is 0 Å². The van der Waals surface area contributed by atoms with E-state index >= 15 is 0 Å². The molecular formula is C27H23ClN2O4. The van der Waals surface area contributed by atoms with E-state index in [2.05, 4.69) is 9.97 Å². The fourth-order valence-electron chi connectivity index (χ4n) is 3.87. The maximum atomic E-state index is 6.26. The van der Waals surface area contributed by atoms with Gasteiger partial charge >= 0.3 is 0 Å². The van der Waals surface area contributed by atoms with Crippen molar-refractivity contribution in [3.63, 3.8) is 0 Å². The van der Waals surface area contributed by atoms with Crippen molar-refractivity contribution in [2.75, 3.05) is 20.3 Å². The van der Waals surface area contributed by atoms with Crippen LogP contribution in [0.5, 0.6) is 11.5 Å². The van der Waals surface area contributed by atoms with E-state index in [0.717, 1.165) is 33.6 Å². The normalized spacial score (nSPS) is 13.7. The molecule has 7 heteroatoms. The molecule has 4 aromatic rings. The van der Waals surface area contributed by atoms with E-state index in [-0.39, 0.29) is 0 Å². The number of hydrogen-bond acceptors (Lipinski definition) is 6. The van der Waals surface area contributed by atoms with Crippen molar-refractivity contribution < 1.29 is 18.9 Å². The second-order valence-electron chi connectivity index (χ2n) is 7.71. The lowest BCUT2D eigenvalue weighted by atomic mass is 9.96. The maximum Gasteiger partial charge on any atom is 0.188 e. The van der Waals surface area contributed by atoms with Crippen molar-refractivity contribution in [2.45, 2.75) is 12.9 Å². The second kappa shape index (κ2) is 10.2. The summed E-state index contributed by atoms with van der Waals surface area (Å²) in [5.41, 5.74) is 4.69. The van der Waals surface area contributed by atoms with Crippen molar-refractivity contribution in [1.82, 2.24) is 9.97 Å². The molecule has 0 atom stereocenters. The molecule has 0 bridgehead atoms. The summed E-state index contributed by atoms with van der Waals surface area (Å²) in [6.45, 7) is 1.48. The summed E-state index contributed by atoms with van der Waals surface area (Å²) in [5, 5.41) is 0.401. The van der Waals surface area contributed by atoms with Crippen LogP contribution in [0.1, 0.15) is 17.4 Å². The van der Waals surface area contributed by atoms with Crippen LogP contribution in [0.2, 0.25) is 5.15 Å². The van der Waals surface area contributed by atoms with Crippen molar-refractivity contribution in [3.8, 4) is 34.0 Å². The van der Waals surface area contributed by atoms with Gasteiger partial charge in [0.25, 0.3) is 0 Å². The molecule has 2 heterocycles. The summed E-state index contributed by atoms with van der Waals surface area (Å²) >= 11 is 6.08. The Morgan fingerprint density at radius 2 is 1.71 bits per heavy atom. The summed E-state index contributed by atoms with van der Waals surface area (Å²) < 4.78 is 23.3. The number of halogens is 1. The van der Waals surface area contributed by atoms with Gasteiger partial charge in [-0.1, -0.05) is 54.1 Å². The molecular weight excluding hydrogens is 452 g/mol. The molecule has 1 aromatic heterocycles. The lowest BCUT2D eigenvalue weighted by molar-refractivity contribution is -0.0454. The highest BCUT2D eigenvalue weighted by atomic mass is 35.5. The number of benzene rings is 3. The number of aromatic nitrogens is 2. The molecule has 5 rings (SSSR count). The zero-order valence-corrected chi connectivity index (χ0v) is 19.4. The molecule has 0 radical (unpaired) electrons. The molecule has 0 amide bonds. The van der Waals surface area contributed by atoms with Crippen LogP contribution in [0.4, 0.5) is 0 Å². The third-order valence-corrected chi connectivity index (χ3v) is 5.74. The molecule has 0 spiro atoms. The maximum absolute atomic E-state index is 6.26. The van der Waals surface area contributed by atoms with Gasteiger partial charge in [0.1, 0.15) is 23.3 Å². The topological polar surface area (TPSA) is 62.7 Å². The average molecular weight is 475 g/mol. The van der Waals surface area contributed by atoms with E-state index in [0.29, 0.717) is 36.5 Å². The van der Waals surface area contributed by atoms with Crippen LogP contribution in [0.15, 0.2) is 79.0 Å². The predicted molar refractivity (Wildman–Crippen MR) is 130 cm³/mol. The molecule has 1 saturated heterocycles. The van der Waals surface area contributed by atoms with Gasteiger partial charge in [0.05, 0.1) is 25.9 Å². The molecule has 34 heavy (non-hydrogen) atoms. The monoisotopic (exact) mass is 474 g/mol. The summed E-state index contributed by atoms with van der Waals surface area (Å²) in [5.74, 6) is 2.09. The van der Waals surface area contributed by atoms with E-state index in [1.165, 1.54) is 0 Å². The lowest BCUT2D eigenvalue weighted by Gasteiger charge is -2.20. The van der Waals surface area contributed by atoms with E-state index in [4.69, 9.17) is 30.5 Å². The zero-order valence-electron chi connectivity index (χ0n) is 18.6. The van der Waals surface area contributed by atoms with Gasteiger partial charge in [-0.25, -0.2) is 9.97 Å². The fraction of sp³-hybridized carbons (Fsp3) is 0.185. The smallest absolute Gasteiger partial charge is 0.188 e. The summed E-state index contributed by atoms with van der Waals surface area (Å²) in [4.78, 5) is 8.70. The predicted octanol–water partition coefficient (Wildman–Crippen LogP) is 6.10. The van der Waals surface area contributed by atoms with Gasteiger partial charge in [0.2, 0.25) is 0 Å². The Kier molecular flexibility index (Phi) is 6.72. The third-order valence-electron chi connectivity index (χ3n) is 5.53. The molecule has 0 saturated carbocycles. The molecule has 0 aliphatic carbocycles. The fourth-order valence-corrected chi connectivity index (χ4v) is 4.01. The highest BCUT2D eigenvalue weighted by Crippen LogP contribution is 2.40. The SMILES string of the molecule is COc1ccc(COc2cccc(-c3cccc(-c4nccc(Cl)n4)c3)c2C2OCCO2)cc1. The number of rotatable bonds is 7. The first-order valence-electron chi connectivity index (χ1n) is 10.9.